The number of hydrogen-bond donors (Lipinski definition) is 1. The van der Waals surface area contributed by atoms with Crippen molar-refractivity contribution in [1.82, 2.24) is 5.32 Å². The number of methoxy groups -OCH3 is 1. The van der Waals surface area contributed by atoms with E-state index in [0.717, 1.165) is 42.9 Å². The number of anilines is 1. The van der Waals surface area contributed by atoms with Gasteiger partial charge in [0.15, 0.2) is 0 Å². The zero-order chi connectivity index (χ0) is 19.1. The van der Waals surface area contributed by atoms with Crippen molar-refractivity contribution in [2.45, 2.75) is 25.5 Å². The number of ether oxygens (including phenoxy) is 2. The highest BCUT2D eigenvalue weighted by atomic mass is 35.5. The maximum absolute atomic E-state index is 12.2. The first-order valence-electron chi connectivity index (χ1n) is 9.16. The van der Waals surface area contributed by atoms with Gasteiger partial charge in [0, 0.05) is 24.2 Å². The maximum Gasteiger partial charge on any atom is 0.246 e. The molecule has 1 saturated heterocycles. The SMILES string of the molecule is COc1ccccc1N1CCCC(NC(=O)COCc2ccccc2Cl)C1. The minimum Gasteiger partial charge on any atom is -0.495 e. The van der Waals surface area contributed by atoms with E-state index in [9.17, 15) is 4.79 Å². The number of nitrogens with one attached hydrogen (secondary N) is 1. The molecule has 2 aromatic carbocycles. The van der Waals surface area contributed by atoms with Crippen LogP contribution in [0.25, 0.3) is 0 Å². The lowest BCUT2D eigenvalue weighted by molar-refractivity contribution is -0.126. The van der Waals surface area contributed by atoms with Crippen LogP contribution in [0.5, 0.6) is 5.75 Å². The number of hydrogen-bond acceptors (Lipinski definition) is 4. The molecule has 1 unspecified atom stereocenters. The van der Waals surface area contributed by atoms with E-state index in [2.05, 4.69) is 16.3 Å². The predicted octanol–water partition coefficient (Wildman–Crippen LogP) is 3.65. The highest BCUT2D eigenvalue weighted by Crippen LogP contribution is 2.29. The number of carbonyl (C=O) groups excluding carboxylic acids is 1. The monoisotopic (exact) mass is 388 g/mol. The molecule has 27 heavy (non-hydrogen) atoms. The molecule has 0 aromatic heterocycles. The number of amides is 1. The molecule has 1 aliphatic rings. The molecule has 0 aliphatic carbocycles. The molecule has 1 aliphatic heterocycles. The van der Waals surface area contributed by atoms with Gasteiger partial charge >= 0.3 is 0 Å². The highest BCUT2D eigenvalue weighted by molar-refractivity contribution is 6.31. The normalized spacial score (nSPS) is 16.8. The maximum atomic E-state index is 12.2. The van der Waals surface area contributed by atoms with Gasteiger partial charge in [-0.05, 0) is 36.6 Å². The zero-order valence-corrected chi connectivity index (χ0v) is 16.2. The number of carbonyl (C=O) groups is 1. The largest absolute Gasteiger partial charge is 0.495 e. The minimum atomic E-state index is -0.103. The van der Waals surface area contributed by atoms with Crippen LogP contribution < -0.4 is 15.0 Å². The number of halogens is 1. The summed E-state index contributed by atoms with van der Waals surface area (Å²) in [6, 6.07) is 15.6. The Morgan fingerprint density at radius 1 is 1.22 bits per heavy atom. The van der Waals surface area contributed by atoms with E-state index in [1.807, 2.05) is 42.5 Å². The van der Waals surface area contributed by atoms with Crippen LogP contribution in [0.15, 0.2) is 48.5 Å². The van der Waals surface area contributed by atoms with Crippen molar-refractivity contribution in [1.29, 1.82) is 0 Å². The Bertz CT molecular complexity index is 769. The fourth-order valence-electron chi connectivity index (χ4n) is 3.34. The van der Waals surface area contributed by atoms with E-state index in [-0.39, 0.29) is 18.6 Å². The van der Waals surface area contributed by atoms with Gasteiger partial charge in [-0.1, -0.05) is 41.9 Å². The molecule has 1 amide bonds. The summed E-state index contributed by atoms with van der Waals surface area (Å²) in [5.41, 5.74) is 1.95. The van der Waals surface area contributed by atoms with Crippen molar-refractivity contribution in [3.63, 3.8) is 0 Å². The van der Waals surface area contributed by atoms with Gasteiger partial charge in [0.25, 0.3) is 0 Å². The quantitative estimate of drug-likeness (QED) is 0.786. The molecule has 0 radical (unpaired) electrons. The number of nitrogens with zero attached hydrogens (tertiary/aromatic N) is 1. The van der Waals surface area contributed by atoms with E-state index in [1.165, 1.54) is 0 Å². The first-order chi connectivity index (χ1) is 13.2. The lowest BCUT2D eigenvalue weighted by atomic mass is 10.0. The van der Waals surface area contributed by atoms with Crippen LogP contribution in [-0.4, -0.2) is 38.8 Å². The molecule has 6 heteroatoms. The van der Waals surface area contributed by atoms with Crippen LogP contribution in [0.4, 0.5) is 5.69 Å². The van der Waals surface area contributed by atoms with Gasteiger partial charge in [-0.3, -0.25) is 4.79 Å². The molecule has 144 valence electrons. The third-order valence-corrected chi connectivity index (χ3v) is 5.03. The first-order valence-corrected chi connectivity index (χ1v) is 9.53. The average Bonchev–Trinajstić information content (AvgIpc) is 2.69. The van der Waals surface area contributed by atoms with Crippen molar-refractivity contribution in [2.75, 3.05) is 31.7 Å². The summed E-state index contributed by atoms with van der Waals surface area (Å²) >= 11 is 6.10. The van der Waals surface area contributed by atoms with Gasteiger partial charge in [0.1, 0.15) is 12.4 Å². The number of piperidine rings is 1. The molecular formula is C21H25ClN2O3. The summed E-state index contributed by atoms with van der Waals surface area (Å²) in [7, 11) is 1.68. The van der Waals surface area contributed by atoms with Crippen LogP contribution in [-0.2, 0) is 16.1 Å². The van der Waals surface area contributed by atoms with E-state index < -0.39 is 0 Å². The Balaban J connectivity index is 1.48. The van der Waals surface area contributed by atoms with Gasteiger partial charge in [-0.25, -0.2) is 0 Å². The molecule has 2 aromatic rings. The van der Waals surface area contributed by atoms with Crippen LogP contribution in [0.2, 0.25) is 5.02 Å². The summed E-state index contributed by atoms with van der Waals surface area (Å²) in [5.74, 6) is 0.751. The van der Waals surface area contributed by atoms with Crippen LogP contribution in [0.3, 0.4) is 0 Å². The van der Waals surface area contributed by atoms with E-state index in [1.54, 1.807) is 7.11 Å². The van der Waals surface area contributed by atoms with Crippen molar-refractivity contribution in [3.8, 4) is 5.75 Å². The molecule has 1 heterocycles. The molecule has 5 nitrogen and oxygen atoms in total. The Kier molecular flexibility index (Phi) is 6.96. The third-order valence-electron chi connectivity index (χ3n) is 4.66. The van der Waals surface area contributed by atoms with E-state index >= 15 is 0 Å². The van der Waals surface area contributed by atoms with Gasteiger partial charge in [-0.15, -0.1) is 0 Å². The molecule has 1 atom stereocenters. The van der Waals surface area contributed by atoms with Crippen molar-refractivity contribution in [2.24, 2.45) is 0 Å². The molecular weight excluding hydrogens is 364 g/mol. The van der Waals surface area contributed by atoms with Gasteiger partial charge in [-0.2, -0.15) is 0 Å². The second-order valence-electron chi connectivity index (χ2n) is 6.61. The summed E-state index contributed by atoms with van der Waals surface area (Å²) in [4.78, 5) is 14.5. The smallest absolute Gasteiger partial charge is 0.246 e. The molecule has 0 bridgehead atoms. The number of rotatable bonds is 7. The molecule has 1 N–H and O–H groups in total. The summed E-state index contributed by atoms with van der Waals surface area (Å²) in [6.45, 7) is 2.06. The first kappa shape index (κ1) is 19.5. The van der Waals surface area contributed by atoms with Crippen LogP contribution >= 0.6 is 11.6 Å². The second-order valence-corrected chi connectivity index (χ2v) is 7.02. The van der Waals surface area contributed by atoms with Crippen molar-refractivity contribution < 1.29 is 14.3 Å². The second kappa shape index (κ2) is 9.62. The van der Waals surface area contributed by atoms with Crippen LogP contribution in [0, 0.1) is 0 Å². The Morgan fingerprint density at radius 3 is 2.81 bits per heavy atom. The lowest BCUT2D eigenvalue weighted by Crippen LogP contribution is -2.48. The molecule has 3 rings (SSSR count). The van der Waals surface area contributed by atoms with Crippen molar-refractivity contribution >= 4 is 23.2 Å². The van der Waals surface area contributed by atoms with Gasteiger partial charge in [0.2, 0.25) is 5.91 Å². The average molecular weight is 389 g/mol. The van der Waals surface area contributed by atoms with E-state index in [4.69, 9.17) is 21.1 Å². The predicted molar refractivity (Wildman–Crippen MR) is 107 cm³/mol. The van der Waals surface area contributed by atoms with E-state index in [0.29, 0.717) is 11.6 Å². The lowest BCUT2D eigenvalue weighted by Gasteiger charge is -2.35. The van der Waals surface area contributed by atoms with Gasteiger partial charge in [0.05, 0.1) is 19.4 Å². The molecule has 0 spiro atoms. The Hall–Kier alpha value is -2.24. The number of para-hydroxylation sites is 2. The Labute approximate surface area is 165 Å². The summed E-state index contributed by atoms with van der Waals surface area (Å²) in [5, 5.41) is 3.73. The standard InChI is InChI=1S/C21H25ClN2O3/c1-26-20-11-5-4-10-19(20)24-12-6-8-17(13-24)23-21(25)15-27-14-16-7-2-3-9-18(16)22/h2-5,7,9-11,17H,6,8,12-15H2,1H3,(H,23,25). The van der Waals surface area contributed by atoms with Crippen LogP contribution in [0.1, 0.15) is 18.4 Å². The summed E-state index contributed by atoms with van der Waals surface area (Å²) in [6.07, 6.45) is 1.98. The minimum absolute atomic E-state index is 0.0242. The van der Waals surface area contributed by atoms with Crippen molar-refractivity contribution in [3.05, 3.63) is 59.1 Å². The fraction of sp³-hybridized carbons (Fsp3) is 0.381. The van der Waals surface area contributed by atoms with Gasteiger partial charge < -0.3 is 19.7 Å². The summed E-state index contributed by atoms with van der Waals surface area (Å²) < 4.78 is 11.0. The Morgan fingerprint density at radius 2 is 2.00 bits per heavy atom. The highest BCUT2D eigenvalue weighted by Gasteiger charge is 2.23. The molecule has 1 fully saturated rings. The fourth-order valence-corrected chi connectivity index (χ4v) is 3.53. The molecule has 0 saturated carbocycles. The third kappa shape index (κ3) is 5.37. The topological polar surface area (TPSA) is 50.8 Å². The number of benzene rings is 2. The zero-order valence-electron chi connectivity index (χ0n) is 15.5.